The van der Waals surface area contributed by atoms with Crippen molar-refractivity contribution in [1.82, 2.24) is 0 Å². The monoisotopic (exact) mass is 359 g/mol. The Morgan fingerprint density at radius 3 is 1.93 bits per heavy atom. The first-order valence-corrected chi connectivity index (χ1v) is 8.30. The number of nitriles is 1. The van der Waals surface area contributed by atoms with Crippen LogP contribution in [0.25, 0.3) is 0 Å². The first-order chi connectivity index (χ1) is 13.1. The maximum absolute atomic E-state index is 11.8. The molecule has 0 aromatic heterocycles. The van der Waals surface area contributed by atoms with Gasteiger partial charge in [0.2, 0.25) is 0 Å². The quantitative estimate of drug-likeness (QED) is 0.474. The molecule has 3 aromatic rings. The summed E-state index contributed by atoms with van der Waals surface area (Å²) in [6.45, 7) is 1.79. The van der Waals surface area contributed by atoms with E-state index in [4.69, 9.17) is 19.5 Å². The summed E-state index contributed by atoms with van der Waals surface area (Å²) < 4.78 is 16.3. The minimum atomic E-state index is -0.528. The summed E-state index contributed by atoms with van der Waals surface area (Å²) in [4.78, 5) is 11.8. The van der Waals surface area contributed by atoms with Gasteiger partial charge in [-0.05, 0) is 67.6 Å². The highest BCUT2D eigenvalue weighted by atomic mass is 16.6. The van der Waals surface area contributed by atoms with Crippen molar-refractivity contribution >= 4 is 5.97 Å². The Labute approximate surface area is 157 Å². The lowest BCUT2D eigenvalue weighted by Gasteiger charge is -2.09. The molecule has 5 nitrogen and oxygen atoms in total. The lowest BCUT2D eigenvalue weighted by molar-refractivity contribution is -0.136. The van der Waals surface area contributed by atoms with Gasteiger partial charge in [0.05, 0.1) is 11.6 Å². The summed E-state index contributed by atoms with van der Waals surface area (Å²) in [5.74, 6) is 1.79. The number of rotatable bonds is 6. The molecule has 27 heavy (non-hydrogen) atoms. The fourth-order valence-corrected chi connectivity index (χ4v) is 2.25. The number of esters is 1. The number of aryl methyl sites for hydroxylation is 1. The van der Waals surface area contributed by atoms with E-state index in [2.05, 4.69) is 0 Å². The molecule has 0 spiro atoms. The molecule has 0 N–H and O–H groups in total. The SMILES string of the molecule is Cc1ccc(Oc2ccc(OCC(=O)Oc3ccc(C#N)cc3)cc2)cc1. The van der Waals surface area contributed by atoms with E-state index in [0.29, 0.717) is 22.8 Å². The smallest absolute Gasteiger partial charge is 0.349 e. The number of carbonyl (C=O) groups excluding carboxylic acids is 1. The van der Waals surface area contributed by atoms with Crippen molar-refractivity contribution in [3.8, 4) is 29.1 Å². The molecule has 0 atom stereocenters. The van der Waals surface area contributed by atoms with E-state index >= 15 is 0 Å². The van der Waals surface area contributed by atoms with E-state index in [0.717, 1.165) is 5.75 Å². The lowest BCUT2D eigenvalue weighted by Crippen LogP contribution is -2.17. The van der Waals surface area contributed by atoms with Crippen LogP contribution in [0.5, 0.6) is 23.0 Å². The van der Waals surface area contributed by atoms with Crippen LogP contribution in [0.2, 0.25) is 0 Å². The van der Waals surface area contributed by atoms with Gasteiger partial charge in [-0.15, -0.1) is 0 Å². The van der Waals surface area contributed by atoms with Gasteiger partial charge in [-0.25, -0.2) is 4.79 Å². The number of ether oxygens (including phenoxy) is 3. The standard InChI is InChI=1S/C22H17NO4/c1-16-2-6-19(7-3-16)26-20-12-10-18(11-13-20)25-15-22(24)27-21-8-4-17(14-23)5-9-21/h2-13H,15H2,1H3. The highest BCUT2D eigenvalue weighted by molar-refractivity contribution is 5.74. The third-order valence-corrected chi connectivity index (χ3v) is 3.65. The third kappa shape index (κ3) is 5.35. The highest BCUT2D eigenvalue weighted by Crippen LogP contribution is 2.24. The molecular weight excluding hydrogens is 342 g/mol. The number of benzene rings is 3. The maximum atomic E-state index is 11.8. The van der Waals surface area contributed by atoms with Crippen LogP contribution in [0.1, 0.15) is 11.1 Å². The Balaban J connectivity index is 1.49. The normalized spacial score (nSPS) is 9.93. The van der Waals surface area contributed by atoms with Crippen LogP contribution in [-0.4, -0.2) is 12.6 Å². The van der Waals surface area contributed by atoms with Gasteiger partial charge in [0.1, 0.15) is 23.0 Å². The van der Waals surface area contributed by atoms with E-state index < -0.39 is 5.97 Å². The minimum absolute atomic E-state index is 0.224. The summed E-state index contributed by atoms with van der Waals surface area (Å²) >= 11 is 0. The molecule has 0 saturated heterocycles. The van der Waals surface area contributed by atoms with Crippen molar-refractivity contribution in [2.75, 3.05) is 6.61 Å². The highest BCUT2D eigenvalue weighted by Gasteiger charge is 2.07. The van der Waals surface area contributed by atoms with Gasteiger partial charge in [0, 0.05) is 0 Å². The second-order valence-electron chi connectivity index (χ2n) is 5.79. The Bertz CT molecular complexity index is 940. The maximum Gasteiger partial charge on any atom is 0.349 e. The van der Waals surface area contributed by atoms with E-state index in [-0.39, 0.29) is 6.61 Å². The van der Waals surface area contributed by atoms with Gasteiger partial charge in [0.15, 0.2) is 6.61 Å². The zero-order chi connectivity index (χ0) is 19.1. The molecule has 0 bridgehead atoms. The zero-order valence-corrected chi connectivity index (χ0v) is 14.7. The van der Waals surface area contributed by atoms with E-state index in [1.807, 2.05) is 37.3 Å². The number of hydrogen-bond acceptors (Lipinski definition) is 5. The van der Waals surface area contributed by atoms with Crippen molar-refractivity contribution < 1.29 is 19.0 Å². The van der Waals surface area contributed by atoms with Crippen molar-refractivity contribution in [3.63, 3.8) is 0 Å². The molecule has 0 aliphatic carbocycles. The fourth-order valence-electron chi connectivity index (χ4n) is 2.25. The molecule has 0 unspecified atom stereocenters. The average molecular weight is 359 g/mol. The van der Waals surface area contributed by atoms with Crippen LogP contribution in [-0.2, 0) is 4.79 Å². The van der Waals surface area contributed by atoms with Gasteiger partial charge in [-0.2, -0.15) is 5.26 Å². The number of hydrogen-bond donors (Lipinski definition) is 0. The first-order valence-electron chi connectivity index (χ1n) is 8.30. The van der Waals surface area contributed by atoms with Crippen molar-refractivity contribution in [2.45, 2.75) is 6.92 Å². The average Bonchev–Trinajstić information content (AvgIpc) is 2.70. The molecule has 0 heterocycles. The first kappa shape index (κ1) is 18.0. The van der Waals surface area contributed by atoms with Gasteiger partial charge in [0.25, 0.3) is 0 Å². The molecule has 0 aliphatic rings. The van der Waals surface area contributed by atoms with Crippen molar-refractivity contribution in [1.29, 1.82) is 5.26 Å². The topological polar surface area (TPSA) is 68.6 Å². The van der Waals surface area contributed by atoms with Crippen LogP contribution < -0.4 is 14.2 Å². The molecule has 5 heteroatoms. The molecule has 3 aromatic carbocycles. The lowest BCUT2D eigenvalue weighted by atomic mass is 10.2. The summed E-state index contributed by atoms with van der Waals surface area (Å²) in [6, 6.07) is 23.0. The summed E-state index contributed by atoms with van der Waals surface area (Å²) in [6.07, 6.45) is 0. The fraction of sp³-hybridized carbons (Fsp3) is 0.0909. The van der Waals surface area contributed by atoms with Gasteiger partial charge < -0.3 is 14.2 Å². The van der Waals surface area contributed by atoms with E-state index in [1.54, 1.807) is 48.5 Å². The van der Waals surface area contributed by atoms with Crippen molar-refractivity contribution in [3.05, 3.63) is 83.9 Å². The number of carbonyl (C=O) groups is 1. The largest absolute Gasteiger partial charge is 0.482 e. The van der Waals surface area contributed by atoms with Crippen LogP contribution in [0.4, 0.5) is 0 Å². The predicted molar refractivity (Wildman–Crippen MR) is 100.0 cm³/mol. The summed E-state index contributed by atoms with van der Waals surface area (Å²) in [7, 11) is 0. The van der Waals surface area contributed by atoms with Gasteiger partial charge in [-0.3, -0.25) is 0 Å². The van der Waals surface area contributed by atoms with Gasteiger partial charge in [-0.1, -0.05) is 17.7 Å². The summed E-state index contributed by atoms with van der Waals surface area (Å²) in [5, 5.41) is 8.75. The second-order valence-corrected chi connectivity index (χ2v) is 5.79. The second kappa shape index (κ2) is 8.54. The van der Waals surface area contributed by atoms with Crippen LogP contribution in [0, 0.1) is 18.3 Å². The third-order valence-electron chi connectivity index (χ3n) is 3.65. The van der Waals surface area contributed by atoms with E-state index in [9.17, 15) is 4.79 Å². The Morgan fingerprint density at radius 2 is 1.33 bits per heavy atom. The van der Waals surface area contributed by atoms with Crippen molar-refractivity contribution in [2.24, 2.45) is 0 Å². The minimum Gasteiger partial charge on any atom is -0.482 e. The molecule has 0 aliphatic heterocycles. The predicted octanol–water partition coefficient (Wildman–Crippen LogP) is 4.64. The molecule has 0 saturated carbocycles. The molecule has 0 radical (unpaired) electrons. The zero-order valence-electron chi connectivity index (χ0n) is 14.7. The number of nitrogens with zero attached hydrogens (tertiary/aromatic N) is 1. The molecule has 0 amide bonds. The summed E-state index contributed by atoms with van der Waals surface area (Å²) in [5.41, 5.74) is 1.66. The van der Waals surface area contributed by atoms with E-state index in [1.165, 1.54) is 5.56 Å². The molecule has 3 rings (SSSR count). The Hall–Kier alpha value is -3.78. The Morgan fingerprint density at radius 1 is 0.815 bits per heavy atom. The molecule has 0 fully saturated rings. The van der Waals surface area contributed by atoms with Gasteiger partial charge >= 0.3 is 5.97 Å². The van der Waals surface area contributed by atoms with Crippen LogP contribution >= 0.6 is 0 Å². The van der Waals surface area contributed by atoms with Crippen LogP contribution in [0.15, 0.2) is 72.8 Å². The van der Waals surface area contributed by atoms with Crippen LogP contribution in [0.3, 0.4) is 0 Å². The molecular formula is C22H17NO4. The Kier molecular flexibility index (Phi) is 5.70. The molecule has 134 valence electrons.